The van der Waals surface area contributed by atoms with Crippen molar-refractivity contribution < 1.29 is 4.39 Å². The second-order valence-corrected chi connectivity index (χ2v) is 5.04. The highest BCUT2D eigenvalue weighted by molar-refractivity contribution is 5.25. The number of aryl methyl sites for hydroxylation is 1. The highest BCUT2D eigenvalue weighted by Gasteiger charge is 2.05. The lowest BCUT2D eigenvalue weighted by atomic mass is 10.1. The van der Waals surface area contributed by atoms with Gasteiger partial charge in [0.05, 0.1) is 0 Å². The average molecular weight is 257 g/mol. The molecule has 1 nitrogen and oxygen atoms in total. The molecule has 2 aromatic carbocycles. The Morgan fingerprint density at radius 1 is 1.11 bits per heavy atom. The Kier molecular flexibility index (Phi) is 4.69. The van der Waals surface area contributed by atoms with Crippen LogP contribution in [0, 0.1) is 12.7 Å². The van der Waals surface area contributed by atoms with Crippen molar-refractivity contribution in [1.82, 2.24) is 5.32 Å². The molecule has 0 aromatic heterocycles. The molecule has 0 saturated carbocycles. The van der Waals surface area contributed by atoms with Gasteiger partial charge in [-0.3, -0.25) is 0 Å². The molecule has 0 amide bonds. The zero-order chi connectivity index (χ0) is 13.7. The number of hydrogen-bond donors (Lipinski definition) is 1. The first-order valence-electron chi connectivity index (χ1n) is 6.67. The standard InChI is InChI=1S/C17H20FN/c1-13-6-3-4-8-16(13)12-19-14(2)10-15-7-5-9-17(18)11-15/h3-9,11,14,19H,10,12H2,1-2H3. The number of benzene rings is 2. The van der Waals surface area contributed by atoms with Gasteiger partial charge >= 0.3 is 0 Å². The van der Waals surface area contributed by atoms with Crippen LogP contribution in [0.1, 0.15) is 23.6 Å². The van der Waals surface area contributed by atoms with Crippen LogP contribution in [0.2, 0.25) is 0 Å². The number of hydrogen-bond acceptors (Lipinski definition) is 1. The van der Waals surface area contributed by atoms with Gasteiger partial charge < -0.3 is 5.32 Å². The quantitative estimate of drug-likeness (QED) is 0.857. The van der Waals surface area contributed by atoms with Gasteiger partial charge in [-0.05, 0) is 49.1 Å². The van der Waals surface area contributed by atoms with E-state index in [2.05, 4.69) is 43.4 Å². The lowest BCUT2D eigenvalue weighted by Crippen LogP contribution is -2.27. The van der Waals surface area contributed by atoms with Gasteiger partial charge in [0.1, 0.15) is 5.82 Å². The summed E-state index contributed by atoms with van der Waals surface area (Å²) in [4.78, 5) is 0. The van der Waals surface area contributed by atoms with Crippen LogP contribution >= 0.6 is 0 Å². The van der Waals surface area contributed by atoms with Gasteiger partial charge in [-0.1, -0.05) is 36.4 Å². The van der Waals surface area contributed by atoms with Crippen LogP contribution in [0.3, 0.4) is 0 Å². The summed E-state index contributed by atoms with van der Waals surface area (Å²) < 4.78 is 13.1. The largest absolute Gasteiger partial charge is 0.310 e. The van der Waals surface area contributed by atoms with Gasteiger partial charge in [-0.25, -0.2) is 4.39 Å². The first-order valence-corrected chi connectivity index (χ1v) is 6.67. The summed E-state index contributed by atoms with van der Waals surface area (Å²) in [6.07, 6.45) is 0.837. The van der Waals surface area contributed by atoms with E-state index in [0.29, 0.717) is 6.04 Å². The molecule has 19 heavy (non-hydrogen) atoms. The summed E-state index contributed by atoms with van der Waals surface area (Å²) >= 11 is 0. The molecule has 0 saturated heterocycles. The maximum atomic E-state index is 13.1. The molecule has 0 spiro atoms. The Bertz CT molecular complexity index is 536. The van der Waals surface area contributed by atoms with E-state index in [1.165, 1.54) is 17.2 Å². The van der Waals surface area contributed by atoms with E-state index >= 15 is 0 Å². The molecule has 0 heterocycles. The lowest BCUT2D eigenvalue weighted by Gasteiger charge is -2.15. The van der Waals surface area contributed by atoms with Crippen molar-refractivity contribution in [2.24, 2.45) is 0 Å². The van der Waals surface area contributed by atoms with Crippen molar-refractivity contribution in [1.29, 1.82) is 0 Å². The van der Waals surface area contributed by atoms with Crippen molar-refractivity contribution in [2.45, 2.75) is 32.9 Å². The van der Waals surface area contributed by atoms with Gasteiger partial charge in [-0.15, -0.1) is 0 Å². The SMILES string of the molecule is Cc1ccccc1CNC(C)Cc1cccc(F)c1. The molecule has 2 rings (SSSR count). The fourth-order valence-corrected chi connectivity index (χ4v) is 2.18. The molecule has 2 heteroatoms. The third kappa shape index (κ3) is 4.18. The number of nitrogens with one attached hydrogen (secondary N) is 1. The maximum Gasteiger partial charge on any atom is 0.123 e. The molecule has 0 fully saturated rings. The van der Waals surface area contributed by atoms with Gasteiger partial charge in [-0.2, -0.15) is 0 Å². The highest BCUT2D eigenvalue weighted by Crippen LogP contribution is 2.09. The predicted octanol–water partition coefficient (Wildman–Crippen LogP) is 3.85. The highest BCUT2D eigenvalue weighted by atomic mass is 19.1. The second-order valence-electron chi connectivity index (χ2n) is 5.04. The van der Waals surface area contributed by atoms with Crippen molar-refractivity contribution >= 4 is 0 Å². The van der Waals surface area contributed by atoms with Crippen LogP contribution < -0.4 is 5.32 Å². The van der Waals surface area contributed by atoms with Gasteiger partial charge in [0.25, 0.3) is 0 Å². The average Bonchev–Trinajstić information content (AvgIpc) is 2.38. The van der Waals surface area contributed by atoms with Crippen molar-refractivity contribution in [3.63, 3.8) is 0 Å². The first-order chi connectivity index (χ1) is 9.15. The monoisotopic (exact) mass is 257 g/mol. The van der Waals surface area contributed by atoms with Crippen molar-refractivity contribution in [3.05, 3.63) is 71.0 Å². The van der Waals surface area contributed by atoms with E-state index in [-0.39, 0.29) is 5.82 Å². The van der Waals surface area contributed by atoms with Crippen LogP contribution in [0.15, 0.2) is 48.5 Å². The molecule has 0 aliphatic carbocycles. The van der Waals surface area contributed by atoms with Gasteiger partial charge in [0.15, 0.2) is 0 Å². The van der Waals surface area contributed by atoms with E-state index in [9.17, 15) is 4.39 Å². The molecule has 1 unspecified atom stereocenters. The normalized spacial score (nSPS) is 12.4. The van der Waals surface area contributed by atoms with Crippen LogP contribution in [0.4, 0.5) is 4.39 Å². The lowest BCUT2D eigenvalue weighted by molar-refractivity contribution is 0.542. The fourth-order valence-electron chi connectivity index (χ4n) is 2.18. The molecule has 1 atom stereocenters. The smallest absolute Gasteiger partial charge is 0.123 e. The maximum absolute atomic E-state index is 13.1. The van der Waals surface area contributed by atoms with Crippen LogP contribution in [0.25, 0.3) is 0 Å². The zero-order valence-corrected chi connectivity index (χ0v) is 11.5. The predicted molar refractivity (Wildman–Crippen MR) is 77.6 cm³/mol. The molecule has 100 valence electrons. The van der Waals surface area contributed by atoms with E-state index in [4.69, 9.17) is 0 Å². The fraction of sp³-hybridized carbons (Fsp3) is 0.294. The summed E-state index contributed by atoms with van der Waals surface area (Å²) in [5, 5.41) is 3.49. The van der Waals surface area contributed by atoms with Gasteiger partial charge in [0, 0.05) is 12.6 Å². The molecular formula is C17H20FN. The van der Waals surface area contributed by atoms with E-state index < -0.39 is 0 Å². The molecule has 0 aliphatic heterocycles. The van der Waals surface area contributed by atoms with Crippen LogP contribution in [-0.4, -0.2) is 6.04 Å². The minimum absolute atomic E-state index is 0.163. The Balaban J connectivity index is 1.88. The van der Waals surface area contributed by atoms with E-state index in [1.54, 1.807) is 12.1 Å². The topological polar surface area (TPSA) is 12.0 Å². The minimum Gasteiger partial charge on any atom is -0.310 e. The van der Waals surface area contributed by atoms with Crippen LogP contribution in [-0.2, 0) is 13.0 Å². The summed E-state index contributed by atoms with van der Waals surface area (Å²) in [6, 6.07) is 15.5. The Labute approximate surface area is 114 Å². The summed E-state index contributed by atoms with van der Waals surface area (Å²) in [5.41, 5.74) is 3.64. The summed E-state index contributed by atoms with van der Waals surface area (Å²) in [5.74, 6) is -0.163. The molecule has 0 bridgehead atoms. The molecular weight excluding hydrogens is 237 g/mol. The third-order valence-corrected chi connectivity index (χ3v) is 3.33. The first kappa shape index (κ1) is 13.8. The third-order valence-electron chi connectivity index (χ3n) is 3.33. The Morgan fingerprint density at radius 2 is 1.89 bits per heavy atom. The van der Waals surface area contributed by atoms with Gasteiger partial charge in [0.2, 0.25) is 0 Å². The molecule has 2 aromatic rings. The van der Waals surface area contributed by atoms with Crippen molar-refractivity contribution in [3.8, 4) is 0 Å². The number of rotatable bonds is 5. The van der Waals surface area contributed by atoms with Crippen molar-refractivity contribution in [2.75, 3.05) is 0 Å². The Hall–Kier alpha value is -1.67. The summed E-state index contributed by atoms with van der Waals surface area (Å²) in [6.45, 7) is 5.10. The minimum atomic E-state index is -0.163. The zero-order valence-electron chi connectivity index (χ0n) is 11.5. The molecule has 0 radical (unpaired) electrons. The molecule has 0 aliphatic rings. The van der Waals surface area contributed by atoms with E-state index in [0.717, 1.165) is 18.5 Å². The molecule has 1 N–H and O–H groups in total. The Morgan fingerprint density at radius 3 is 2.63 bits per heavy atom. The second kappa shape index (κ2) is 6.48. The van der Waals surface area contributed by atoms with E-state index in [1.807, 2.05) is 6.07 Å². The van der Waals surface area contributed by atoms with Crippen LogP contribution in [0.5, 0.6) is 0 Å². The summed E-state index contributed by atoms with van der Waals surface area (Å²) in [7, 11) is 0. The number of halogens is 1.